The van der Waals surface area contributed by atoms with Gasteiger partial charge < -0.3 is 9.73 Å². The molecule has 0 unspecified atom stereocenters. The lowest BCUT2D eigenvalue weighted by atomic mass is 10.3. The Morgan fingerprint density at radius 2 is 1.83 bits per heavy atom. The zero-order valence-electron chi connectivity index (χ0n) is 13.6. The predicted octanol–water partition coefficient (Wildman–Crippen LogP) is 2.96. The maximum absolute atomic E-state index is 12.4. The van der Waals surface area contributed by atoms with Gasteiger partial charge in [0.25, 0.3) is 0 Å². The van der Waals surface area contributed by atoms with Crippen LogP contribution >= 0.6 is 0 Å². The van der Waals surface area contributed by atoms with E-state index >= 15 is 0 Å². The molecule has 0 aliphatic heterocycles. The summed E-state index contributed by atoms with van der Waals surface area (Å²) in [4.78, 5) is 12.0. The summed E-state index contributed by atoms with van der Waals surface area (Å²) in [6, 6.07) is 9.56. The molecule has 7 heteroatoms. The van der Waals surface area contributed by atoms with Gasteiger partial charge in [-0.3, -0.25) is 4.79 Å². The second-order valence-corrected chi connectivity index (χ2v) is 6.89. The van der Waals surface area contributed by atoms with Crippen molar-refractivity contribution in [1.82, 2.24) is 4.31 Å². The molecule has 24 heavy (non-hydrogen) atoms. The molecular formula is C17H20N2O4S. The van der Waals surface area contributed by atoms with Gasteiger partial charge in [0.05, 0.1) is 11.2 Å². The van der Waals surface area contributed by atoms with Crippen molar-refractivity contribution in [2.24, 2.45) is 0 Å². The van der Waals surface area contributed by atoms with Crippen LogP contribution in [0, 0.1) is 0 Å². The lowest BCUT2D eigenvalue weighted by Crippen LogP contribution is -2.30. The first-order valence-electron chi connectivity index (χ1n) is 7.60. The van der Waals surface area contributed by atoms with E-state index in [1.807, 2.05) is 0 Å². The number of sulfonamides is 1. The topological polar surface area (TPSA) is 79.6 Å². The van der Waals surface area contributed by atoms with Crippen LogP contribution in [0.3, 0.4) is 0 Å². The molecule has 1 aromatic heterocycles. The molecule has 0 saturated heterocycles. The van der Waals surface area contributed by atoms with Gasteiger partial charge >= 0.3 is 0 Å². The highest BCUT2D eigenvalue weighted by Crippen LogP contribution is 2.18. The van der Waals surface area contributed by atoms with E-state index in [-0.39, 0.29) is 10.8 Å². The van der Waals surface area contributed by atoms with E-state index in [1.54, 1.807) is 44.2 Å². The normalized spacial score (nSPS) is 12.0. The Balaban J connectivity index is 2.05. The Morgan fingerprint density at radius 1 is 1.17 bits per heavy atom. The van der Waals surface area contributed by atoms with Crippen LogP contribution in [0.2, 0.25) is 0 Å². The molecular weight excluding hydrogens is 328 g/mol. The van der Waals surface area contributed by atoms with Gasteiger partial charge in [-0.05, 0) is 42.5 Å². The number of nitrogens with zero attached hydrogens (tertiary/aromatic N) is 1. The van der Waals surface area contributed by atoms with E-state index in [9.17, 15) is 13.2 Å². The van der Waals surface area contributed by atoms with Crippen molar-refractivity contribution < 1.29 is 17.6 Å². The van der Waals surface area contributed by atoms with Crippen LogP contribution in [-0.2, 0) is 14.8 Å². The van der Waals surface area contributed by atoms with Crippen LogP contribution < -0.4 is 5.32 Å². The molecule has 0 spiro atoms. The summed E-state index contributed by atoms with van der Waals surface area (Å²) in [6.45, 7) is 4.41. The van der Waals surface area contributed by atoms with Crippen molar-refractivity contribution in [2.45, 2.75) is 18.7 Å². The highest BCUT2D eigenvalue weighted by Gasteiger charge is 2.21. The Labute approximate surface area is 141 Å². The van der Waals surface area contributed by atoms with Crippen LogP contribution in [0.5, 0.6) is 0 Å². The lowest BCUT2D eigenvalue weighted by molar-refractivity contribution is -0.111. The minimum atomic E-state index is -3.49. The van der Waals surface area contributed by atoms with Crippen molar-refractivity contribution >= 4 is 27.7 Å². The molecule has 0 fully saturated rings. The summed E-state index contributed by atoms with van der Waals surface area (Å²) < 4.78 is 31.2. The van der Waals surface area contributed by atoms with Crippen LogP contribution in [0.4, 0.5) is 5.69 Å². The van der Waals surface area contributed by atoms with Gasteiger partial charge in [-0.25, -0.2) is 8.42 Å². The summed E-state index contributed by atoms with van der Waals surface area (Å²) in [5.74, 6) is 0.247. The van der Waals surface area contributed by atoms with E-state index in [1.165, 1.54) is 28.8 Å². The molecule has 0 saturated carbocycles. The van der Waals surface area contributed by atoms with Gasteiger partial charge in [0, 0.05) is 24.9 Å². The third kappa shape index (κ3) is 4.33. The summed E-state index contributed by atoms with van der Waals surface area (Å²) in [6.07, 6.45) is 4.42. The molecule has 0 atom stereocenters. The van der Waals surface area contributed by atoms with Gasteiger partial charge in [-0.15, -0.1) is 0 Å². The highest BCUT2D eigenvalue weighted by atomic mass is 32.2. The number of carbonyl (C=O) groups excluding carboxylic acids is 1. The van der Waals surface area contributed by atoms with Gasteiger partial charge in [-0.1, -0.05) is 13.8 Å². The molecule has 1 amide bonds. The number of amides is 1. The molecule has 128 valence electrons. The van der Waals surface area contributed by atoms with Crippen molar-refractivity contribution in [2.75, 3.05) is 18.4 Å². The largest absolute Gasteiger partial charge is 0.465 e. The van der Waals surface area contributed by atoms with Crippen molar-refractivity contribution in [3.05, 3.63) is 54.5 Å². The number of anilines is 1. The fourth-order valence-corrected chi connectivity index (χ4v) is 3.61. The fourth-order valence-electron chi connectivity index (χ4n) is 2.15. The number of nitrogens with one attached hydrogen (secondary N) is 1. The van der Waals surface area contributed by atoms with Crippen molar-refractivity contribution in [1.29, 1.82) is 0 Å². The summed E-state index contributed by atoms with van der Waals surface area (Å²) >= 11 is 0. The molecule has 1 N–H and O–H groups in total. The zero-order valence-corrected chi connectivity index (χ0v) is 14.4. The Morgan fingerprint density at radius 3 is 2.38 bits per heavy atom. The molecule has 0 radical (unpaired) electrons. The Kier molecular flexibility index (Phi) is 5.94. The highest BCUT2D eigenvalue weighted by molar-refractivity contribution is 7.89. The van der Waals surface area contributed by atoms with E-state index in [0.717, 1.165) is 0 Å². The maximum Gasteiger partial charge on any atom is 0.248 e. The molecule has 1 aromatic carbocycles. The number of carbonyl (C=O) groups is 1. The monoisotopic (exact) mass is 348 g/mol. The number of rotatable bonds is 7. The first kappa shape index (κ1) is 18.0. The van der Waals surface area contributed by atoms with Crippen LogP contribution in [0.25, 0.3) is 6.08 Å². The standard InChI is InChI=1S/C17H20N2O4S/c1-3-19(4-2)24(21,22)16-10-7-14(8-11-16)18-17(20)12-9-15-6-5-13-23-15/h5-13H,3-4H2,1-2H3,(H,18,20)/b12-9+. The number of benzene rings is 1. The first-order chi connectivity index (χ1) is 11.5. The Hall–Kier alpha value is -2.38. The first-order valence-corrected chi connectivity index (χ1v) is 9.04. The van der Waals surface area contributed by atoms with Gasteiger partial charge in [-0.2, -0.15) is 4.31 Å². The minimum Gasteiger partial charge on any atom is -0.465 e. The molecule has 1 heterocycles. The fraction of sp³-hybridized carbons (Fsp3) is 0.235. The SMILES string of the molecule is CCN(CC)S(=O)(=O)c1ccc(NC(=O)/C=C/c2ccco2)cc1. The molecule has 0 bridgehead atoms. The number of furan rings is 1. The average molecular weight is 348 g/mol. The third-order valence-electron chi connectivity index (χ3n) is 3.41. The van der Waals surface area contributed by atoms with Crippen molar-refractivity contribution in [3.63, 3.8) is 0 Å². The molecule has 2 rings (SSSR count). The third-order valence-corrected chi connectivity index (χ3v) is 5.47. The molecule has 2 aromatic rings. The lowest BCUT2D eigenvalue weighted by Gasteiger charge is -2.18. The predicted molar refractivity (Wildman–Crippen MR) is 92.9 cm³/mol. The minimum absolute atomic E-state index is 0.204. The van der Waals surface area contributed by atoms with Crippen LogP contribution in [0.1, 0.15) is 19.6 Å². The van der Waals surface area contributed by atoms with Crippen LogP contribution in [0.15, 0.2) is 58.1 Å². The van der Waals surface area contributed by atoms with Crippen molar-refractivity contribution in [3.8, 4) is 0 Å². The van der Waals surface area contributed by atoms with E-state index < -0.39 is 10.0 Å². The van der Waals surface area contributed by atoms with E-state index in [4.69, 9.17) is 4.42 Å². The molecule has 6 nitrogen and oxygen atoms in total. The molecule has 0 aliphatic rings. The summed E-state index contributed by atoms with van der Waals surface area (Å²) in [5, 5.41) is 2.66. The number of hydrogen-bond acceptors (Lipinski definition) is 4. The van der Waals surface area contributed by atoms with Gasteiger partial charge in [0.15, 0.2) is 0 Å². The van der Waals surface area contributed by atoms with E-state index in [0.29, 0.717) is 24.5 Å². The van der Waals surface area contributed by atoms with Gasteiger partial charge in [0.2, 0.25) is 15.9 Å². The van der Waals surface area contributed by atoms with Gasteiger partial charge in [0.1, 0.15) is 5.76 Å². The number of hydrogen-bond donors (Lipinski definition) is 1. The quantitative estimate of drug-likeness (QED) is 0.780. The zero-order chi connectivity index (χ0) is 17.6. The summed E-state index contributed by atoms with van der Waals surface area (Å²) in [5.41, 5.74) is 0.516. The summed E-state index contributed by atoms with van der Waals surface area (Å²) in [7, 11) is -3.49. The molecule has 0 aliphatic carbocycles. The van der Waals surface area contributed by atoms with Crippen LogP contribution in [-0.4, -0.2) is 31.7 Å². The van der Waals surface area contributed by atoms with E-state index in [2.05, 4.69) is 5.32 Å². The second-order valence-electron chi connectivity index (χ2n) is 4.95. The average Bonchev–Trinajstić information content (AvgIpc) is 3.08. The second kappa shape index (κ2) is 7.94. The maximum atomic E-state index is 12.4. The smallest absolute Gasteiger partial charge is 0.248 e. The Bertz CT molecular complexity index is 790.